The lowest BCUT2D eigenvalue weighted by Crippen LogP contribution is -2.38. The second-order valence-electron chi connectivity index (χ2n) is 12.0. The molecule has 3 amide bonds. The molecule has 0 aromatic rings. The highest BCUT2D eigenvalue weighted by atomic mass is 16.2. The second-order valence-corrected chi connectivity index (χ2v) is 12.0. The van der Waals surface area contributed by atoms with Crippen molar-refractivity contribution in [3.8, 4) is 0 Å². The average Bonchev–Trinajstić information content (AvgIpc) is 3.70. The van der Waals surface area contributed by atoms with Gasteiger partial charge in [-0.15, -0.1) is 0 Å². The second kappa shape index (κ2) is 14.7. The standard InChI is InChI=1S/C10H19NO.2C9H17NO/c1-8(2)10(12)11-9-6-4-3-5-7-9;1-7(2)8(11)10-6-9(3)4-5-9;1-6(2)9(11)10-7(3)8-4-5-8/h8-9H,3-7H2,1-2H3,(H,11,12);7H,4-6H2,1-3H3,(H,10,11);6-8H,4-5H2,1-3H3,(H,10,11). The molecule has 0 radical (unpaired) electrons. The number of rotatable bonds is 8. The Hall–Kier alpha value is -1.59. The fraction of sp³-hybridized carbons (Fsp3) is 0.893. The van der Waals surface area contributed by atoms with E-state index in [4.69, 9.17) is 0 Å². The first-order valence-electron chi connectivity index (χ1n) is 13.7. The molecule has 3 fully saturated rings. The molecule has 1 unspecified atom stereocenters. The van der Waals surface area contributed by atoms with Crippen molar-refractivity contribution in [3.05, 3.63) is 0 Å². The number of amides is 3. The summed E-state index contributed by atoms with van der Waals surface area (Å²) in [6.45, 7) is 16.8. The fourth-order valence-corrected chi connectivity index (χ4v) is 3.61. The molecule has 3 rings (SSSR count). The molecule has 0 saturated heterocycles. The molecule has 3 aliphatic carbocycles. The van der Waals surface area contributed by atoms with Crippen molar-refractivity contribution in [3.63, 3.8) is 0 Å². The largest absolute Gasteiger partial charge is 0.355 e. The highest BCUT2D eigenvalue weighted by molar-refractivity contribution is 5.78. The Kier molecular flexibility index (Phi) is 13.2. The summed E-state index contributed by atoms with van der Waals surface area (Å²) >= 11 is 0. The van der Waals surface area contributed by atoms with Crippen LogP contribution in [0.2, 0.25) is 0 Å². The zero-order valence-corrected chi connectivity index (χ0v) is 23.3. The van der Waals surface area contributed by atoms with Crippen LogP contribution in [0, 0.1) is 29.1 Å². The zero-order chi connectivity index (χ0) is 25.9. The predicted octanol–water partition coefficient (Wildman–Crippen LogP) is 5.21. The van der Waals surface area contributed by atoms with E-state index in [1.807, 2.05) is 41.5 Å². The maximum absolute atomic E-state index is 11.3. The molecule has 6 nitrogen and oxygen atoms in total. The highest BCUT2D eigenvalue weighted by Crippen LogP contribution is 2.44. The molecule has 3 aliphatic rings. The van der Waals surface area contributed by atoms with Crippen molar-refractivity contribution < 1.29 is 14.4 Å². The van der Waals surface area contributed by atoms with Crippen LogP contribution in [0.25, 0.3) is 0 Å². The van der Waals surface area contributed by atoms with Gasteiger partial charge in [0.15, 0.2) is 0 Å². The Morgan fingerprint density at radius 3 is 1.65 bits per heavy atom. The van der Waals surface area contributed by atoms with Crippen LogP contribution in [0.4, 0.5) is 0 Å². The van der Waals surface area contributed by atoms with Gasteiger partial charge in [-0.2, -0.15) is 0 Å². The van der Waals surface area contributed by atoms with E-state index < -0.39 is 0 Å². The molecule has 34 heavy (non-hydrogen) atoms. The Labute approximate surface area is 209 Å². The third-order valence-corrected chi connectivity index (χ3v) is 7.02. The van der Waals surface area contributed by atoms with E-state index in [-0.39, 0.29) is 35.5 Å². The van der Waals surface area contributed by atoms with Crippen LogP contribution in [0.3, 0.4) is 0 Å². The Morgan fingerprint density at radius 2 is 1.24 bits per heavy atom. The topological polar surface area (TPSA) is 87.3 Å². The third kappa shape index (κ3) is 13.3. The Morgan fingerprint density at radius 1 is 0.735 bits per heavy atom. The average molecular weight is 480 g/mol. The molecule has 1 atom stereocenters. The van der Waals surface area contributed by atoms with Gasteiger partial charge < -0.3 is 16.0 Å². The van der Waals surface area contributed by atoms with Gasteiger partial charge in [-0.3, -0.25) is 14.4 Å². The summed E-state index contributed by atoms with van der Waals surface area (Å²) in [5.74, 6) is 1.71. The van der Waals surface area contributed by atoms with Gasteiger partial charge in [-0.25, -0.2) is 0 Å². The molecule has 0 aliphatic heterocycles. The number of carbonyl (C=O) groups excluding carboxylic acids is 3. The molecule has 198 valence electrons. The van der Waals surface area contributed by atoms with E-state index in [9.17, 15) is 14.4 Å². The van der Waals surface area contributed by atoms with Crippen molar-refractivity contribution in [2.45, 2.75) is 125 Å². The van der Waals surface area contributed by atoms with Crippen LogP contribution in [-0.4, -0.2) is 36.3 Å². The van der Waals surface area contributed by atoms with Crippen molar-refractivity contribution in [2.75, 3.05) is 6.54 Å². The van der Waals surface area contributed by atoms with Crippen molar-refractivity contribution in [2.24, 2.45) is 29.1 Å². The van der Waals surface area contributed by atoms with Gasteiger partial charge in [0, 0.05) is 36.4 Å². The van der Waals surface area contributed by atoms with E-state index in [0.717, 1.165) is 12.5 Å². The summed E-state index contributed by atoms with van der Waals surface area (Å²) in [5, 5.41) is 9.03. The normalized spacial score (nSPS) is 19.9. The summed E-state index contributed by atoms with van der Waals surface area (Å²) in [4.78, 5) is 33.6. The molecular weight excluding hydrogens is 426 g/mol. The number of hydrogen-bond donors (Lipinski definition) is 3. The van der Waals surface area contributed by atoms with Crippen molar-refractivity contribution >= 4 is 17.7 Å². The quantitative estimate of drug-likeness (QED) is 0.447. The van der Waals surface area contributed by atoms with Crippen LogP contribution in [0.15, 0.2) is 0 Å². The molecule has 0 bridgehead atoms. The summed E-state index contributed by atoms with van der Waals surface area (Å²) in [7, 11) is 0. The highest BCUT2D eigenvalue weighted by Gasteiger charge is 2.37. The first-order valence-corrected chi connectivity index (χ1v) is 13.7. The Bertz CT molecular complexity index is 631. The summed E-state index contributed by atoms with van der Waals surface area (Å²) < 4.78 is 0. The molecule has 0 aromatic heterocycles. The number of carbonyl (C=O) groups is 3. The smallest absolute Gasteiger partial charge is 0.222 e. The minimum atomic E-state index is 0.121. The summed E-state index contributed by atoms with van der Waals surface area (Å²) in [6, 6.07) is 0.860. The Balaban J connectivity index is 0.000000255. The van der Waals surface area contributed by atoms with Gasteiger partial charge in [0.1, 0.15) is 0 Å². The molecular formula is C28H53N3O3. The third-order valence-electron chi connectivity index (χ3n) is 7.02. The molecule has 0 spiro atoms. The minimum Gasteiger partial charge on any atom is -0.355 e. The molecule has 3 saturated carbocycles. The van der Waals surface area contributed by atoms with Gasteiger partial charge in [0.05, 0.1) is 0 Å². The molecule has 0 heterocycles. The molecule has 0 aromatic carbocycles. The van der Waals surface area contributed by atoms with Gasteiger partial charge >= 0.3 is 0 Å². The van der Waals surface area contributed by atoms with Gasteiger partial charge in [0.25, 0.3) is 0 Å². The van der Waals surface area contributed by atoms with E-state index in [1.54, 1.807) is 0 Å². The lowest BCUT2D eigenvalue weighted by molar-refractivity contribution is -0.125. The van der Waals surface area contributed by atoms with Crippen LogP contribution in [-0.2, 0) is 14.4 Å². The van der Waals surface area contributed by atoms with Crippen LogP contribution in [0.5, 0.6) is 0 Å². The van der Waals surface area contributed by atoms with Crippen LogP contribution in [0.1, 0.15) is 113 Å². The van der Waals surface area contributed by atoms with E-state index in [2.05, 4.69) is 29.8 Å². The van der Waals surface area contributed by atoms with Gasteiger partial charge in [-0.05, 0) is 56.8 Å². The lowest BCUT2D eigenvalue weighted by atomic mass is 9.95. The monoisotopic (exact) mass is 479 g/mol. The van der Waals surface area contributed by atoms with E-state index >= 15 is 0 Å². The molecule has 6 heteroatoms. The van der Waals surface area contributed by atoms with Crippen molar-refractivity contribution in [1.29, 1.82) is 0 Å². The van der Waals surface area contributed by atoms with Crippen LogP contribution >= 0.6 is 0 Å². The number of hydrogen-bond acceptors (Lipinski definition) is 3. The van der Waals surface area contributed by atoms with E-state index in [1.165, 1.54) is 57.8 Å². The predicted molar refractivity (Wildman–Crippen MR) is 140 cm³/mol. The first-order chi connectivity index (χ1) is 15.8. The summed E-state index contributed by atoms with van der Waals surface area (Å²) in [5.41, 5.74) is 0.435. The summed E-state index contributed by atoms with van der Waals surface area (Å²) in [6.07, 6.45) is 11.4. The van der Waals surface area contributed by atoms with Gasteiger partial charge in [-0.1, -0.05) is 67.7 Å². The van der Waals surface area contributed by atoms with Gasteiger partial charge in [0.2, 0.25) is 17.7 Å². The SMILES string of the molecule is CC(C)C(=O)NC(C)C1CC1.CC(C)C(=O)NC1CCCCC1.CC(C)C(=O)NCC1(C)CC1. The first kappa shape index (κ1) is 30.4. The maximum Gasteiger partial charge on any atom is 0.222 e. The maximum atomic E-state index is 11.3. The molecule has 3 N–H and O–H groups in total. The minimum absolute atomic E-state index is 0.121. The zero-order valence-electron chi connectivity index (χ0n) is 23.3. The van der Waals surface area contributed by atoms with E-state index in [0.29, 0.717) is 17.5 Å². The fourth-order valence-electron chi connectivity index (χ4n) is 3.61. The van der Waals surface area contributed by atoms with Crippen molar-refractivity contribution in [1.82, 2.24) is 16.0 Å². The van der Waals surface area contributed by atoms with Crippen LogP contribution < -0.4 is 16.0 Å². The lowest BCUT2D eigenvalue weighted by Gasteiger charge is -2.23. The number of nitrogens with one attached hydrogen (secondary N) is 3.